The zero-order valence-electron chi connectivity index (χ0n) is 15.8. The maximum atomic E-state index is 13.2. The first-order valence-electron chi connectivity index (χ1n) is 9.14. The summed E-state index contributed by atoms with van der Waals surface area (Å²) in [6.45, 7) is 4.29. The van der Waals surface area contributed by atoms with Crippen molar-refractivity contribution in [1.82, 2.24) is 25.5 Å². The highest BCUT2D eigenvalue weighted by molar-refractivity contribution is 6.18. The van der Waals surface area contributed by atoms with Gasteiger partial charge in [-0.2, -0.15) is 4.68 Å². The van der Waals surface area contributed by atoms with Crippen LogP contribution in [0, 0.1) is 12.7 Å². The number of rotatable bonds is 7. The predicted molar refractivity (Wildman–Crippen MR) is 106 cm³/mol. The maximum Gasteiger partial charge on any atom is 0.270 e. The SMILES string of the molecule is CC[C@@H](CNC(=O)/C(=C/c1ccc(F)cc1)n1nnnc1C)c1ccccc1. The van der Waals surface area contributed by atoms with Gasteiger partial charge >= 0.3 is 0 Å². The highest BCUT2D eigenvalue weighted by atomic mass is 19.1. The molecule has 0 aliphatic heterocycles. The Labute approximate surface area is 163 Å². The van der Waals surface area contributed by atoms with Crippen LogP contribution in [0.25, 0.3) is 11.8 Å². The Bertz CT molecular complexity index is 950. The molecule has 6 nitrogen and oxygen atoms in total. The third-order valence-electron chi connectivity index (χ3n) is 4.53. The van der Waals surface area contributed by atoms with Crippen molar-refractivity contribution in [1.29, 1.82) is 0 Å². The van der Waals surface area contributed by atoms with Crippen LogP contribution in [0.15, 0.2) is 54.6 Å². The zero-order valence-corrected chi connectivity index (χ0v) is 15.8. The number of aryl methyl sites for hydroxylation is 1. The number of nitrogens with one attached hydrogen (secondary N) is 1. The van der Waals surface area contributed by atoms with Crippen molar-refractivity contribution in [3.63, 3.8) is 0 Å². The number of carbonyl (C=O) groups is 1. The second-order valence-electron chi connectivity index (χ2n) is 6.44. The summed E-state index contributed by atoms with van der Waals surface area (Å²) in [6, 6.07) is 15.9. The van der Waals surface area contributed by atoms with Crippen LogP contribution < -0.4 is 5.32 Å². The van der Waals surface area contributed by atoms with E-state index < -0.39 is 0 Å². The summed E-state index contributed by atoms with van der Waals surface area (Å²) >= 11 is 0. The number of hydrogen-bond donors (Lipinski definition) is 1. The number of halogens is 1. The molecule has 0 saturated carbocycles. The van der Waals surface area contributed by atoms with Gasteiger partial charge in [0, 0.05) is 12.5 Å². The van der Waals surface area contributed by atoms with Crippen molar-refractivity contribution in [2.75, 3.05) is 6.54 Å². The maximum absolute atomic E-state index is 13.2. The average molecular weight is 379 g/mol. The molecule has 144 valence electrons. The van der Waals surface area contributed by atoms with Gasteiger partial charge in [-0.15, -0.1) is 5.10 Å². The molecule has 0 spiro atoms. The second-order valence-corrected chi connectivity index (χ2v) is 6.44. The monoisotopic (exact) mass is 379 g/mol. The summed E-state index contributed by atoms with van der Waals surface area (Å²) < 4.78 is 14.6. The molecule has 2 aromatic carbocycles. The van der Waals surface area contributed by atoms with E-state index in [4.69, 9.17) is 0 Å². The lowest BCUT2D eigenvalue weighted by molar-refractivity contribution is -0.116. The standard InChI is InChI=1S/C21H22FN5O/c1-3-17(18-7-5-4-6-8-18)14-23-21(28)20(27-15(2)24-25-26-27)13-16-9-11-19(22)12-10-16/h4-13,17H,3,14H2,1-2H3,(H,23,28)/b20-13-/t17-/m0/s1. The number of hydrogen-bond acceptors (Lipinski definition) is 4. The Hall–Kier alpha value is -3.35. The van der Waals surface area contributed by atoms with E-state index in [0.29, 0.717) is 17.9 Å². The molecule has 3 aromatic rings. The van der Waals surface area contributed by atoms with E-state index in [1.54, 1.807) is 25.1 Å². The fourth-order valence-corrected chi connectivity index (χ4v) is 2.92. The molecule has 1 heterocycles. The summed E-state index contributed by atoms with van der Waals surface area (Å²) in [5.74, 6) is 0.0512. The van der Waals surface area contributed by atoms with Crippen LogP contribution in [0.5, 0.6) is 0 Å². The first-order chi connectivity index (χ1) is 13.6. The number of carbonyl (C=O) groups excluding carboxylic acids is 1. The largest absolute Gasteiger partial charge is 0.350 e. The first kappa shape index (κ1) is 19.4. The molecule has 0 bridgehead atoms. The molecule has 0 aliphatic rings. The second kappa shape index (κ2) is 9.03. The van der Waals surface area contributed by atoms with Crippen molar-refractivity contribution in [2.24, 2.45) is 0 Å². The van der Waals surface area contributed by atoms with Crippen LogP contribution in [-0.4, -0.2) is 32.7 Å². The quantitative estimate of drug-likeness (QED) is 0.639. The van der Waals surface area contributed by atoms with Crippen molar-refractivity contribution in [3.05, 3.63) is 77.4 Å². The summed E-state index contributed by atoms with van der Waals surface area (Å²) in [6.07, 6.45) is 2.53. The minimum atomic E-state index is -0.338. The molecule has 0 unspecified atom stereocenters. The van der Waals surface area contributed by atoms with Gasteiger partial charge in [0.1, 0.15) is 11.5 Å². The molecule has 0 radical (unpaired) electrons. The fourth-order valence-electron chi connectivity index (χ4n) is 2.92. The van der Waals surface area contributed by atoms with Crippen LogP contribution in [0.4, 0.5) is 4.39 Å². The molecule has 1 atom stereocenters. The smallest absolute Gasteiger partial charge is 0.270 e. The fraction of sp³-hybridized carbons (Fsp3) is 0.238. The number of nitrogens with zero attached hydrogens (tertiary/aromatic N) is 4. The molecule has 0 saturated heterocycles. The van der Waals surface area contributed by atoms with Gasteiger partial charge < -0.3 is 5.32 Å². The van der Waals surface area contributed by atoms with E-state index in [0.717, 1.165) is 6.42 Å². The van der Waals surface area contributed by atoms with E-state index in [2.05, 4.69) is 39.9 Å². The van der Waals surface area contributed by atoms with Crippen LogP contribution >= 0.6 is 0 Å². The Morgan fingerprint density at radius 1 is 1.18 bits per heavy atom. The Morgan fingerprint density at radius 3 is 2.50 bits per heavy atom. The summed E-state index contributed by atoms with van der Waals surface area (Å²) in [5.41, 5.74) is 2.13. The summed E-state index contributed by atoms with van der Waals surface area (Å²) in [5, 5.41) is 14.4. The minimum Gasteiger partial charge on any atom is -0.350 e. The lowest BCUT2D eigenvalue weighted by Gasteiger charge is -2.17. The summed E-state index contributed by atoms with van der Waals surface area (Å²) in [4.78, 5) is 12.9. The highest BCUT2D eigenvalue weighted by Crippen LogP contribution is 2.19. The van der Waals surface area contributed by atoms with E-state index in [1.165, 1.54) is 22.4 Å². The number of benzene rings is 2. The number of aromatic nitrogens is 4. The van der Waals surface area contributed by atoms with Gasteiger partial charge in [0.15, 0.2) is 5.82 Å². The first-order valence-corrected chi connectivity index (χ1v) is 9.14. The minimum absolute atomic E-state index is 0.201. The van der Waals surface area contributed by atoms with Crippen molar-refractivity contribution < 1.29 is 9.18 Å². The number of tetrazole rings is 1. The average Bonchev–Trinajstić information content (AvgIpc) is 3.14. The van der Waals surface area contributed by atoms with E-state index in [1.807, 2.05) is 18.2 Å². The van der Waals surface area contributed by atoms with Crippen LogP contribution in [-0.2, 0) is 4.79 Å². The topological polar surface area (TPSA) is 72.7 Å². The van der Waals surface area contributed by atoms with Gasteiger partial charge in [0.05, 0.1) is 0 Å². The Kier molecular flexibility index (Phi) is 6.26. The normalized spacial score (nSPS) is 12.6. The van der Waals surface area contributed by atoms with Crippen LogP contribution in [0.3, 0.4) is 0 Å². The molecule has 1 N–H and O–H groups in total. The van der Waals surface area contributed by atoms with Gasteiger partial charge in [-0.1, -0.05) is 49.4 Å². The lowest BCUT2D eigenvalue weighted by Crippen LogP contribution is -2.31. The van der Waals surface area contributed by atoms with Crippen LogP contribution in [0.2, 0.25) is 0 Å². The van der Waals surface area contributed by atoms with E-state index >= 15 is 0 Å². The Balaban J connectivity index is 1.83. The third-order valence-corrected chi connectivity index (χ3v) is 4.53. The van der Waals surface area contributed by atoms with E-state index in [-0.39, 0.29) is 23.3 Å². The molecule has 0 fully saturated rings. The molecular formula is C21H22FN5O. The van der Waals surface area contributed by atoms with Crippen LogP contribution in [0.1, 0.15) is 36.2 Å². The molecule has 1 amide bonds. The predicted octanol–water partition coefficient (Wildman–Crippen LogP) is 3.43. The van der Waals surface area contributed by atoms with Gasteiger partial charge in [-0.05, 0) is 53.1 Å². The highest BCUT2D eigenvalue weighted by Gasteiger charge is 2.18. The Morgan fingerprint density at radius 2 is 1.89 bits per heavy atom. The van der Waals surface area contributed by atoms with Gasteiger partial charge in [-0.3, -0.25) is 4.79 Å². The van der Waals surface area contributed by atoms with Gasteiger partial charge in [0.2, 0.25) is 0 Å². The van der Waals surface area contributed by atoms with Gasteiger partial charge in [-0.25, -0.2) is 4.39 Å². The molecule has 28 heavy (non-hydrogen) atoms. The van der Waals surface area contributed by atoms with Crippen molar-refractivity contribution >= 4 is 17.7 Å². The molecule has 3 rings (SSSR count). The zero-order chi connectivity index (χ0) is 19.9. The lowest BCUT2D eigenvalue weighted by atomic mass is 9.96. The molecular weight excluding hydrogens is 357 g/mol. The van der Waals surface area contributed by atoms with Crippen molar-refractivity contribution in [2.45, 2.75) is 26.2 Å². The third kappa shape index (κ3) is 4.68. The van der Waals surface area contributed by atoms with Gasteiger partial charge in [0.25, 0.3) is 5.91 Å². The van der Waals surface area contributed by atoms with Crippen molar-refractivity contribution in [3.8, 4) is 0 Å². The molecule has 1 aromatic heterocycles. The molecule has 7 heteroatoms. The van der Waals surface area contributed by atoms with E-state index in [9.17, 15) is 9.18 Å². The molecule has 0 aliphatic carbocycles. The summed E-state index contributed by atoms with van der Waals surface area (Å²) in [7, 11) is 0. The number of amides is 1.